The molecule has 104 valence electrons. The smallest absolute Gasteiger partial charge is 0.231 e. The second-order valence-corrected chi connectivity index (χ2v) is 5.52. The topological polar surface area (TPSA) is 53.7 Å². The quantitative estimate of drug-likeness (QED) is 0.907. The molecule has 0 radical (unpaired) electrons. The summed E-state index contributed by atoms with van der Waals surface area (Å²) >= 11 is 0. The van der Waals surface area contributed by atoms with Crippen molar-refractivity contribution in [2.24, 2.45) is 5.73 Å². The summed E-state index contributed by atoms with van der Waals surface area (Å²) in [5.41, 5.74) is 7.04. The van der Waals surface area contributed by atoms with Crippen molar-refractivity contribution in [3.8, 4) is 17.2 Å². The van der Waals surface area contributed by atoms with Crippen LogP contribution >= 0.6 is 0 Å². The number of fused-ring (bicyclic) bond motifs is 1. The van der Waals surface area contributed by atoms with Crippen LogP contribution in [0, 0.1) is 0 Å². The van der Waals surface area contributed by atoms with Crippen molar-refractivity contribution >= 4 is 0 Å². The van der Waals surface area contributed by atoms with E-state index < -0.39 is 0 Å². The van der Waals surface area contributed by atoms with Gasteiger partial charge in [-0.05, 0) is 50.7 Å². The Balaban J connectivity index is 1.86. The molecule has 1 aromatic rings. The van der Waals surface area contributed by atoms with Gasteiger partial charge < -0.3 is 19.9 Å². The molecule has 1 heterocycles. The molecule has 1 aliphatic heterocycles. The zero-order valence-corrected chi connectivity index (χ0v) is 11.4. The number of hydrogen-bond acceptors (Lipinski definition) is 4. The van der Waals surface area contributed by atoms with Crippen molar-refractivity contribution in [3.63, 3.8) is 0 Å². The summed E-state index contributed by atoms with van der Waals surface area (Å²) in [6.07, 6.45) is 5.94. The highest BCUT2D eigenvalue weighted by Crippen LogP contribution is 2.39. The Bertz CT molecular complexity index is 453. The summed E-state index contributed by atoms with van der Waals surface area (Å²) in [6.45, 7) is 2.30. The van der Waals surface area contributed by atoms with Crippen LogP contribution in [0.1, 0.15) is 38.2 Å². The SMILES string of the molecule is CC(N)Cc1cc2c(cc1OC1CCCC1)OCO2. The minimum atomic E-state index is 0.103. The molecule has 2 N–H and O–H groups in total. The first-order chi connectivity index (χ1) is 9.22. The Morgan fingerprint density at radius 2 is 1.95 bits per heavy atom. The van der Waals surface area contributed by atoms with E-state index in [1.165, 1.54) is 12.8 Å². The molecule has 0 amide bonds. The van der Waals surface area contributed by atoms with E-state index in [4.69, 9.17) is 19.9 Å². The summed E-state index contributed by atoms with van der Waals surface area (Å²) < 4.78 is 17.0. The summed E-state index contributed by atoms with van der Waals surface area (Å²) in [4.78, 5) is 0. The van der Waals surface area contributed by atoms with Crippen LogP contribution in [-0.4, -0.2) is 18.9 Å². The minimum Gasteiger partial charge on any atom is -0.490 e. The molecule has 1 aliphatic carbocycles. The van der Waals surface area contributed by atoms with E-state index >= 15 is 0 Å². The molecular weight excluding hydrogens is 242 g/mol. The first kappa shape index (κ1) is 12.6. The second kappa shape index (κ2) is 5.29. The van der Waals surface area contributed by atoms with Crippen molar-refractivity contribution in [1.29, 1.82) is 0 Å². The van der Waals surface area contributed by atoms with Gasteiger partial charge in [-0.2, -0.15) is 0 Å². The lowest BCUT2D eigenvalue weighted by Crippen LogP contribution is -2.19. The Hall–Kier alpha value is -1.42. The summed E-state index contributed by atoms with van der Waals surface area (Å²) in [5, 5.41) is 0. The summed E-state index contributed by atoms with van der Waals surface area (Å²) in [5.74, 6) is 2.49. The first-order valence-corrected chi connectivity index (χ1v) is 7.07. The molecule has 0 bridgehead atoms. The maximum Gasteiger partial charge on any atom is 0.231 e. The average molecular weight is 263 g/mol. The molecule has 3 rings (SSSR count). The molecular formula is C15H21NO3. The van der Waals surface area contributed by atoms with Gasteiger partial charge in [-0.25, -0.2) is 0 Å². The van der Waals surface area contributed by atoms with E-state index in [-0.39, 0.29) is 6.04 Å². The third kappa shape index (κ3) is 2.78. The van der Waals surface area contributed by atoms with Crippen molar-refractivity contribution in [3.05, 3.63) is 17.7 Å². The van der Waals surface area contributed by atoms with Gasteiger partial charge in [0, 0.05) is 12.1 Å². The fourth-order valence-electron chi connectivity index (χ4n) is 2.77. The van der Waals surface area contributed by atoms with Crippen LogP contribution in [-0.2, 0) is 6.42 Å². The first-order valence-electron chi connectivity index (χ1n) is 7.07. The predicted octanol–water partition coefficient (Wildman–Crippen LogP) is 2.63. The Morgan fingerprint density at radius 1 is 1.26 bits per heavy atom. The lowest BCUT2D eigenvalue weighted by molar-refractivity contribution is 0.173. The average Bonchev–Trinajstić information content (AvgIpc) is 2.99. The molecule has 4 heteroatoms. The Morgan fingerprint density at radius 3 is 2.63 bits per heavy atom. The highest BCUT2D eigenvalue weighted by molar-refractivity contribution is 5.52. The molecule has 1 saturated carbocycles. The van der Waals surface area contributed by atoms with Crippen LogP contribution in [0.2, 0.25) is 0 Å². The zero-order chi connectivity index (χ0) is 13.2. The molecule has 1 unspecified atom stereocenters. The standard InChI is InChI=1S/C15H21NO3/c1-10(16)6-11-7-14-15(18-9-17-14)8-13(11)19-12-4-2-3-5-12/h7-8,10,12H,2-6,9,16H2,1H3. The highest BCUT2D eigenvalue weighted by atomic mass is 16.7. The molecule has 2 aliphatic rings. The van der Waals surface area contributed by atoms with Gasteiger partial charge >= 0.3 is 0 Å². The van der Waals surface area contributed by atoms with Gasteiger partial charge in [0.05, 0.1) is 6.10 Å². The van der Waals surface area contributed by atoms with E-state index in [2.05, 4.69) is 0 Å². The van der Waals surface area contributed by atoms with E-state index in [0.717, 1.165) is 42.1 Å². The number of ether oxygens (including phenoxy) is 3. The van der Waals surface area contributed by atoms with Gasteiger partial charge in [0.2, 0.25) is 6.79 Å². The Labute approximate surface area is 113 Å². The van der Waals surface area contributed by atoms with Crippen molar-refractivity contribution in [2.45, 2.75) is 51.2 Å². The van der Waals surface area contributed by atoms with Gasteiger partial charge in [-0.1, -0.05) is 0 Å². The van der Waals surface area contributed by atoms with Crippen LogP contribution in [0.15, 0.2) is 12.1 Å². The van der Waals surface area contributed by atoms with Crippen LogP contribution < -0.4 is 19.9 Å². The fourth-order valence-corrected chi connectivity index (χ4v) is 2.77. The number of hydrogen-bond donors (Lipinski definition) is 1. The highest BCUT2D eigenvalue weighted by Gasteiger charge is 2.22. The Kier molecular flexibility index (Phi) is 3.51. The normalized spacial score (nSPS) is 19.7. The van der Waals surface area contributed by atoms with E-state index in [0.29, 0.717) is 12.9 Å². The van der Waals surface area contributed by atoms with E-state index in [1.807, 2.05) is 19.1 Å². The van der Waals surface area contributed by atoms with Gasteiger partial charge in [0.1, 0.15) is 5.75 Å². The largest absolute Gasteiger partial charge is 0.490 e. The lowest BCUT2D eigenvalue weighted by Gasteiger charge is -2.18. The second-order valence-electron chi connectivity index (χ2n) is 5.52. The van der Waals surface area contributed by atoms with Gasteiger partial charge in [-0.3, -0.25) is 0 Å². The third-order valence-corrected chi connectivity index (χ3v) is 3.69. The van der Waals surface area contributed by atoms with Crippen molar-refractivity contribution in [1.82, 2.24) is 0 Å². The fraction of sp³-hybridized carbons (Fsp3) is 0.600. The maximum absolute atomic E-state index is 6.14. The van der Waals surface area contributed by atoms with Crippen molar-refractivity contribution in [2.75, 3.05) is 6.79 Å². The molecule has 0 spiro atoms. The summed E-state index contributed by atoms with van der Waals surface area (Å²) in [7, 11) is 0. The van der Waals surface area contributed by atoms with Crippen LogP contribution in [0.4, 0.5) is 0 Å². The lowest BCUT2D eigenvalue weighted by atomic mass is 10.1. The minimum absolute atomic E-state index is 0.103. The van der Waals surface area contributed by atoms with Gasteiger partial charge in [0.15, 0.2) is 11.5 Å². The third-order valence-electron chi connectivity index (χ3n) is 3.69. The molecule has 19 heavy (non-hydrogen) atoms. The monoisotopic (exact) mass is 263 g/mol. The van der Waals surface area contributed by atoms with E-state index in [1.54, 1.807) is 0 Å². The maximum atomic E-state index is 6.14. The number of benzene rings is 1. The zero-order valence-electron chi connectivity index (χ0n) is 11.4. The molecule has 1 aromatic carbocycles. The molecule has 0 aromatic heterocycles. The number of rotatable bonds is 4. The van der Waals surface area contributed by atoms with Gasteiger partial charge in [-0.15, -0.1) is 0 Å². The van der Waals surface area contributed by atoms with E-state index in [9.17, 15) is 0 Å². The summed E-state index contributed by atoms with van der Waals surface area (Å²) in [6, 6.07) is 4.07. The molecule has 4 nitrogen and oxygen atoms in total. The van der Waals surface area contributed by atoms with Gasteiger partial charge in [0.25, 0.3) is 0 Å². The predicted molar refractivity (Wildman–Crippen MR) is 72.8 cm³/mol. The van der Waals surface area contributed by atoms with Crippen LogP contribution in [0.25, 0.3) is 0 Å². The molecule has 1 fully saturated rings. The molecule has 1 atom stereocenters. The number of nitrogens with two attached hydrogens (primary N) is 1. The van der Waals surface area contributed by atoms with Crippen LogP contribution in [0.3, 0.4) is 0 Å². The van der Waals surface area contributed by atoms with Crippen molar-refractivity contribution < 1.29 is 14.2 Å². The van der Waals surface area contributed by atoms with Crippen LogP contribution in [0.5, 0.6) is 17.2 Å². The molecule has 0 saturated heterocycles.